The van der Waals surface area contributed by atoms with E-state index in [1.165, 1.54) is 70.6 Å². The first-order valence-electron chi connectivity index (χ1n) is 11.2. The normalized spacial score (nSPS) is 16.0. The molecule has 6 rings (SSSR count). The fraction of sp³-hybridized carbons (Fsp3) is 0.333. The fourth-order valence-corrected chi connectivity index (χ4v) is 5.60. The maximum absolute atomic E-state index is 6.44. The molecule has 0 unspecified atom stereocenters. The van der Waals surface area contributed by atoms with E-state index < -0.39 is 0 Å². The lowest BCUT2D eigenvalue weighted by atomic mass is 9.83. The average Bonchev–Trinajstić information content (AvgIpc) is 2.77. The van der Waals surface area contributed by atoms with Crippen LogP contribution in [0.1, 0.15) is 54.7 Å². The first-order valence-corrected chi connectivity index (χ1v) is 11.2. The standard InChI is InChI=1S/C27H27N2O/c1-16-15-19-11-7-14-22-24(19)23(17(16)2)26-27(30-22)28-25-20(18-9-5-4-6-10-18)12-8-13-21(25)29(26)3/h7-8,11-15,18H,4-6,9-10H2,1-3H3/q+1. The van der Waals surface area contributed by atoms with Crippen LogP contribution in [-0.2, 0) is 7.05 Å². The largest absolute Gasteiger partial charge is 0.433 e. The molecule has 3 aromatic carbocycles. The van der Waals surface area contributed by atoms with E-state index in [1.807, 2.05) is 0 Å². The van der Waals surface area contributed by atoms with Gasteiger partial charge in [-0.1, -0.05) is 49.6 Å². The highest BCUT2D eigenvalue weighted by molar-refractivity contribution is 6.04. The Morgan fingerprint density at radius 1 is 1.00 bits per heavy atom. The Bertz CT molecular complexity index is 1330. The van der Waals surface area contributed by atoms with Crippen LogP contribution >= 0.6 is 0 Å². The first-order chi connectivity index (χ1) is 14.6. The number of fused-ring (bicyclic) bond motifs is 3. The molecule has 0 bridgehead atoms. The second-order valence-corrected chi connectivity index (χ2v) is 9.02. The first kappa shape index (κ1) is 17.9. The van der Waals surface area contributed by atoms with Crippen molar-refractivity contribution in [3.8, 4) is 22.9 Å². The van der Waals surface area contributed by atoms with Crippen LogP contribution in [0.4, 0.5) is 0 Å². The van der Waals surface area contributed by atoms with Crippen molar-refractivity contribution in [3.05, 3.63) is 59.2 Å². The van der Waals surface area contributed by atoms with Gasteiger partial charge in [-0.3, -0.25) is 0 Å². The van der Waals surface area contributed by atoms with Gasteiger partial charge >= 0.3 is 0 Å². The van der Waals surface area contributed by atoms with E-state index in [1.54, 1.807) is 0 Å². The quantitative estimate of drug-likeness (QED) is 0.297. The van der Waals surface area contributed by atoms with Gasteiger partial charge in [-0.15, -0.1) is 0 Å². The number of aromatic nitrogens is 2. The SMILES string of the molecule is Cc1cc2cccc3c2c(c1C)-c1c(nc2c(C4CCCCC4)cccc2[n+]1C)O3. The van der Waals surface area contributed by atoms with Crippen LogP contribution in [0.25, 0.3) is 33.1 Å². The highest BCUT2D eigenvalue weighted by Crippen LogP contribution is 2.47. The summed E-state index contributed by atoms with van der Waals surface area (Å²) in [6.07, 6.45) is 6.54. The lowest BCUT2D eigenvalue weighted by molar-refractivity contribution is -0.634. The zero-order chi connectivity index (χ0) is 20.4. The molecule has 1 aliphatic carbocycles. The highest BCUT2D eigenvalue weighted by Gasteiger charge is 2.33. The van der Waals surface area contributed by atoms with Crippen LogP contribution in [0.15, 0.2) is 42.5 Å². The molecule has 4 aromatic rings. The van der Waals surface area contributed by atoms with E-state index in [9.17, 15) is 0 Å². The summed E-state index contributed by atoms with van der Waals surface area (Å²) in [6.45, 7) is 4.42. The van der Waals surface area contributed by atoms with Crippen molar-refractivity contribution in [2.45, 2.75) is 51.9 Å². The van der Waals surface area contributed by atoms with Crippen molar-refractivity contribution in [2.75, 3.05) is 0 Å². The molecular weight excluding hydrogens is 368 g/mol. The number of benzene rings is 3. The zero-order valence-corrected chi connectivity index (χ0v) is 18.0. The fourth-order valence-electron chi connectivity index (χ4n) is 5.60. The lowest BCUT2D eigenvalue weighted by Gasteiger charge is -2.24. The predicted octanol–water partition coefficient (Wildman–Crippen LogP) is 6.65. The summed E-state index contributed by atoms with van der Waals surface area (Å²) in [5.41, 5.74) is 8.65. The summed E-state index contributed by atoms with van der Waals surface area (Å²) >= 11 is 0. The Hall–Kier alpha value is -2.94. The Kier molecular flexibility index (Phi) is 3.89. The summed E-state index contributed by atoms with van der Waals surface area (Å²) in [4.78, 5) is 5.17. The third-order valence-electron chi connectivity index (χ3n) is 7.29. The number of ether oxygens (including phenoxy) is 1. The molecule has 0 spiro atoms. The maximum atomic E-state index is 6.44. The van der Waals surface area contributed by atoms with E-state index >= 15 is 0 Å². The van der Waals surface area contributed by atoms with Gasteiger partial charge < -0.3 is 4.74 Å². The number of hydrogen-bond acceptors (Lipinski definition) is 2. The van der Waals surface area contributed by atoms with Gasteiger partial charge in [0.1, 0.15) is 18.3 Å². The molecular formula is C27H27N2O+. The zero-order valence-electron chi connectivity index (χ0n) is 18.0. The maximum Gasteiger partial charge on any atom is 0.294 e. The van der Waals surface area contributed by atoms with Gasteiger partial charge in [-0.05, 0) is 60.7 Å². The van der Waals surface area contributed by atoms with E-state index in [2.05, 4.69) is 67.9 Å². The van der Waals surface area contributed by atoms with E-state index in [-0.39, 0.29) is 0 Å². The molecule has 3 nitrogen and oxygen atoms in total. The Labute approximate surface area is 177 Å². The average molecular weight is 396 g/mol. The molecule has 2 aliphatic rings. The summed E-state index contributed by atoms with van der Waals surface area (Å²) in [5.74, 6) is 2.26. The highest BCUT2D eigenvalue weighted by atomic mass is 16.5. The molecule has 0 saturated heterocycles. The van der Waals surface area contributed by atoms with Crippen LogP contribution in [0.2, 0.25) is 0 Å². The van der Waals surface area contributed by atoms with Crippen molar-refractivity contribution in [2.24, 2.45) is 7.05 Å². The third kappa shape index (κ3) is 2.44. The molecule has 1 saturated carbocycles. The van der Waals surface area contributed by atoms with Crippen LogP contribution in [0.5, 0.6) is 11.6 Å². The third-order valence-corrected chi connectivity index (χ3v) is 7.29. The molecule has 30 heavy (non-hydrogen) atoms. The van der Waals surface area contributed by atoms with Crippen LogP contribution < -0.4 is 9.30 Å². The van der Waals surface area contributed by atoms with Crippen molar-refractivity contribution in [3.63, 3.8) is 0 Å². The summed E-state index contributed by atoms with van der Waals surface area (Å²) in [5, 5.41) is 2.43. The van der Waals surface area contributed by atoms with E-state index in [0.717, 1.165) is 22.8 Å². The molecule has 0 amide bonds. The lowest BCUT2D eigenvalue weighted by Crippen LogP contribution is -2.34. The number of rotatable bonds is 1. The molecule has 0 N–H and O–H groups in total. The summed E-state index contributed by atoms with van der Waals surface area (Å²) < 4.78 is 8.75. The van der Waals surface area contributed by atoms with Gasteiger partial charge in [0.25, 0.3) is 11.6 Å². The molecule has 0 atom stereocenters. The second-order valence-electron chi connectivity index (χ2n) is 9.02. The molecule has 0 radical (unpaired) electrons. The van der Waals surface area contributed by atoms with Gasteiger partial charge in [0.05, 0.1) is 5.56 Å². The van der Waals surface area contributed by atoms with Gasteiger partial charge in [0, 0.05) is 11.5 Å². The van der Waals surface area contributed by atoms with E-state index in [4.69, 9.17) is 9.72 Å². The molecule has 1 aromatic heterocycles. The summed E-state index contributed by atoms with van der Waals surface area (Å²) in [6, 6.07) is 15.3. The van der Waals surface area contributed by atoms with Crippen LogP contribution in [0, 0.1) is 13.8 Å². The second kappa shape index (κ2) is 6.53. The predicted molar refractivity (Wildman–Crippen MR) is 121 cm³/mol. The minimum absolute atomic E-state index is 0.608. The smallest absolute Gasteiger partial charge is 0.294 e. The molecule has 1 fully saturated rings. The Balaban J connectivity index is 1.68. The Morgan fingerprint density at radius 2 is 1.80 bits per heavy atom. The molecule has 3 heteroatoms. The topological polar surface area (TPSA) is 26.0 Å². The van der Waals surface area contributed by atoms with Gasteiger partial charge in [-0.25, -0.2) is 4.98 Å². The molecule has 150 valence electrons. The number of para-hydroxylation sites is 1. The van der Waals surface area contributed by atoms with Crippen molar-refractivity contribution >= 4 is 21.8 Å². The van der Waals surface area contributed by atoms with Crippen molar-refractivity contribution in [1.82, 2.24) is 4.98 Å². The monoisotopic (exact) mass is 395 g/mol. The Morgan fingerprint density at radius 3 is 2.63 bits per heavy atom. The van der Waals surface area contributed by atoms with Gasteiger partial charge in [0.15, 0.2) is 0 Å². The summed E-state index contributed by atoms with van der Waals surface area (Å²) in [7, 11) is 2.17. The molecule has 1 aliphatic heterocycles. The van der Waals surface area contributed by atoms with Crippen molar-refractivity contribution < 1.29 is 9.30 Å². The van der Waals surface area contributed by atoms with Crippen molar-refractivity contribution in [1.29, 1.82) is 0 Å². The van der Waals surface area contributed by atoms with Gasteiger partial charge in [-0.2, -0.15) is 4.57 Å². The van der Waals surface area contributed by atoms with Crippen LogP contribution in [0.3, 0.4) is 0 Å². The van der Waals surface area contributed by atoms with E-state index in [0.29, 0.717) is 5.92 Å². The number of hydrogen-bond donors (Lipinski definition) is 0. The minimum Gasteiger partial charge on any atom is -0.433 e. The van der Waals surface area contributed by atoms with Gasteiger partial charge in [0.2, 0.25) is 5.52 Å². The number of nitrogens with zero attached hydrogens (tertiary/aromatic N) is 2. The molecule has 2 heterocycles. The minimum atomic E-state index is 0.608. The number of aryl methyl sites for hydroxylation is 2. The van der Waals surface area contributed by atoms with Crippen LogP contribution in [-0.4, -0.2) is 4.98 Å².